The zero-order valence-corrected chi connectivity index (χ0v) is 21.2. The second-order valence-electron chi connectivity index (χ2n) is 9.52. The van der Waals surface area contributed by atoms with Crippen molar-refractivity contribution in [2.45, 2.75) is 136 Å². The number of nitrogens with one attached hydrogen (secondary N) is 1. The Morgan fingerprint density at radius 3 is 2.06 bits per heavy atom. The molecule has 1 N–H and O–H groups in total. The average molecular weight is 435 g/mol. The summed E-state index contributed by atoms with van der Waals surface area (Å²) in [6, 6.07) is 0. The molecule has 4 nitrogen and oxygen atoms in total. The Labute approximate surface area is 193 Å². The molecule has 0 aromatic carbocycles. The topological polar surface area (TPSA) is 41.5 Å². The van der Waals surface area contributed by atoms with Gasteiger partial charge in [-0.25, -0.2) is 4.99 Å². The number of rotatable bonds is 19. The van der Waals surface area contributed by atoms with Crippen LogP contribution in [0, 0.1) is 0 Å². The fraction of sp³-hybridized carbons (Fsp3) is 0.852. The Morgan fingerprint density at radius 2 is 1.52 bits per heavy atom. The maximum atomic E-state index is 11.5. The third-order valence-electron chi connectivity index (χ3n) is 7.04. The molecule has 0 aromatic heterocycles. The summed E-state index contributed by atoms with van der Waals surface area (Å²) in [5.41, 5.74) is 0. The average Bonchev–Trinajstić information content (AvgIpc) is 3.17. The minimum Gasteiger partial charge on any atom is -0.307 e. The lowest BCUT2D eigenvalue weighted by atomic mass is 10.1. The first-order valence-electron chi connectivity index (χ1n) is 13.4. The van der Waals surface area contributed by atoms with Gasteiger partial charge in [0.2, 0.25) is 5.91 Å². The van der Waals surface area contributed by atoms with E-state index in [-0.39, 0.29) is 12.1 Å². The smallest absolute Gasteiger partial charge is 0.221 e. The van der Waals surface area contributed by atoms with Gasteiger partial charge in [0.1, 0.15) is 6.54 Å². The van der Waals surface area contributed by atoms with Gasteiger partial charge >= 0.3 is 0 Å². The van der Waals surface area contributed by atoms with Crippen molar-refractivity contribution in [1.29, 1.82) is 0 Å². The highest BCUT2D eigenvalue weighted by atomic mass is 16.1. The van der Waals surface area contributed by atoms with E-state index in [1.165, 1.54) is 89.9 Å². The first kappa shape index (κ1) is 27.9. The van der Waals surface area contributed by atoms with Gasteiger partial charge in [0.15, 0.2) is 12.3 Å². The van der Waals surface area contributed by atoms with Crippen LogP contribution in [-0.4, -0.2) is 42.0 Å². The number of nitrogens with zero attached hydrogens (tertiary/aromatic N) is 2. The minimum absolute atomic E-state index is 0.0540. The van der Waals surface area contributed by atoms with Crippen molar-refractivity contribution < 1.29 is 9.28 Å². The van der Waals surface area contributed by atoms with Gasteiger partial charge in [-0.1, -0.05) is 76.9 Å². The van der Waals surface area contributed by atoms with Gasteiger partial charge in [0.05, 0.1) is 12.8 Å². The zero-order chi connectivity index (χ0) is 22.8. The molecule has 1 aliphatic heterocycles. The van der Waals surface area contributed by atoms with E-state index < -0.39 is 0 Å². The van der Waals surface area contributed by atoms with Crippen LogP contribution in [0.4, 0.5) is 0 Å². The van der Waals surface area contributed by atoms with Crippen molar-refractivity contribution in [1.82, 2.24) is 5.32 Å². The van der Waals surface area contributed by atoms with Crippen LogP contribution >= 0.6 is 0 Å². The molecular weight excluding hydrogens is 382 g/mol. The van der Waals surface area contributed by atoms with Crippen molar-refractivity contribution in [3.05, 3.63) is 12.2 Å². The van der Waals surface area contributed by atoms with Crippen molar-refractivity contribution in [2.75, 3.05) is 13.1 Å². The molecule has 4 heteroatoms. The number of amides is 1. The van der Waals surface area contributed by atoms with Gasteiger partial charge < -0.3 is 5.32 Å². The summed E-state index contributed by atoms with van der Waals surface area (Å²) < 4.78 is 0.873. The molecule has 0 saturated carbocycles. The molecule has 3 atom stereocenters. The number of carbonyl (C=O) groups is 1. The standard InChI is InChI=1S/C27H51N3O/c1-5-7-8-9-10-11-12-13-14-15-16-17-18-19-20-21-22-27-28-23-24-30(27,6-2)25(3)29-26(4)31/h16-17,23,25,27H,5-15,18-22,24H2,1-4H3/p+1/b17-16+. The quantitative estimate of drug-likeness (QED) is 0.131. The predicted molar refractivity (Wildman–Crippen MR) is 135 cm³/mol. The molecular formula is C27H52N3O+. The molecule has 3 unspecified atom stereocenters. The Bertz CT molecular complexity index is 517. The molecule has 0 bridgehead atoms. The van der Waals surface area contributed by atoms with Crippen molar-refractivity contribution >= 4 is 12.1 Å². The Hall–Kier alpha value is -1.16. The third-order valence-corrected chi connectivity index (χ3v) is 7.04. The van der Waals surface area contributed by atoms with Gasteiger partial charge in [-0.2, -0.15) is 0 Å². The zero-order valence-electron chi connectivity index (χ0n) is 21.2. The normalized spacial score (nSPS) is 21.7. The maximum Gasteiger partial charge on any atom is 0.221 e. The van der Waals surface area contributed by atoms with Crippen LogP contribution in [0.3, 0.4) is 0 Å². The van der Waals surface area contributed by atoms with Crippen LogP contribution in [0.25, 0.3) is 0 Å². The van der Waals surface area contributed by atoms with Crippen molar-refractivity contribution in [3.63, 3.8) is 0 Å². The number of carbonyl (C=O) groups excluding carboxylic acids is 1. The van der Waals surface area contributed by atoms with Gasteiger partial charge in [-0.3, -0.25) is 9.28 Å². The number of allylic oxidation sites excluding steroid dienone is 2. The number of hydrogen-bond donors (Lipinski definition) is 1. The largest absolute Gasteiger partial charge is 0.307 e. The van der Waals surface area contributed by atoms with Crippen LogP contribution in [0.1, 0.15) is 124 Å². The van der Waals surface area contributed by atoms with Crippen LogP contribution in [0.15, 0.2) is 17.1 Å². The van der Waals surface area contributed by atoms with Crippen LogP contribution in [0.2, 0.25) is 0 Å². The first-order chi connectivity index (χ1) is 15.1. The minimum atomic E-state index is 0.0540. The highest BCUT2D eigenvalue weighted by Crippen LogP contribution is 2.27. The number of unbranched alkanes of at least 4 members (excludes halogenated alkanes) is 12. The highest BCUT2D eigenvalue weighted by molar-refractivity contribution is 5.73. The van der Waals surface area contributed by atoms with E-state index in [9.17, 15) is 4.79 Å². The van der Waals surface area contributed by atoms with Gasteiger partial charge in [0.25, 0.3) is 0 Å². The summed E-state index contributed by atoms with van der Waals surface area (Å²) in [5.74, 6) is 0.0540. The Kier molecular flexibility index (Phi) is 15.6. The van der Waals surface area contributed by atoms with Gasteiger partial charge in [0, 0.05) is 20.3 Å². The van der Waals surface area contributed by atoms with Crippen molar-refractivity contribution in [2.24, 2.45) is 4.99 Å². The molecule has 1 rings (SSSR count). The fourth-order valence-electron chi connectivity index (χ4n) is 4.93. The van der Waals surface area contributed by atoms with Crippen LogP contribution in [0.5, 0.6) is 0 Å². The molecule has 1 heterocycles. The van der Waals surface area contributed by atoms with E-state index in [1.54, 1.807) is 6.92 Å². The molecule has 180 valence electrons. The van der Waals surface area contributed by atoms with Gasteiger partial charge in [-0.15, -0.1) is 0 Å². The predicted octanol–water partition coefficient (Wildman–Crippen LogP) is 7.14. The van der Waals surface area contributed by atoms with E-state index in [4.69, 9.17) is 4.99 Å². The molecule has 0 fully saturated rings. The van der Waals surface area contributed by atoms with E-state index >= 15 is 0 Å². The molecule has 0 aliphatic carbocycles. The molecule has 1 amide bonds. The molecule has 0 spiro atoms. The SMILES string of the molecule is CCCCCCCCCCC/C=C/CCCCCC1N=CC[N+]1(CC)C(C)NC(C)=O. The number of hydrogen-bond acceptors (Lipinski definition) is 2. The number of quaternary nitrogens is 1. The lowest BCUT2D eigenvalue weighted by molar-refractivity contribution is -0.959. The molecule has 0 radical (unpaired) electrons. The van der Waals surface area contributed by atoms with E-state index in [1.807, 2.05) is 0 Å². The fourth-order valence-corrected chi connectivity index (χ4v) is 4.93. The summed E-state index contributed by atoms with van der Waals surface area (Å²) in [5, 5.41) is 3.11. The monoisotopic (exact) mass is 434 g/mol. The van der Waals surface area contributed by atoms with E-state index in [2.05, 4.69) is 44.5 Å². The second kappa shape index (κ2) is 17.4. The maximum absolute atomic E-state index is 11.5. The molecule has 0 saturated heterocycles. The Balaban J connectivity index is 2.05. The summed E-state index contributed by atoms with van der Waals surface area (Å²) in [4.78, 5) is 16.3. The molecule has 0 aromatic rings. The second-order valence-corrected chi connectivity index (χ2v) is 9.52. The summed E-state index contributed by atoms with van der Waals surface area (Å²) in [7, 11) is 0. The molecule has 1 aliphatic rings. The summed E-state index contributed by atoms with van der Waals surface area (Å²) in [6.45, 7) is 10.2. The van der Waals surface area contributed by atoms with E-state index in [0.29, 0.717) is 6.17 Å². The highest BCUT2D eigenvalue weighted by Gasteiger charge is 2.42. The Morgan fingerprint density at radius 1 is 0.968 bits per heavy atom. The summed E-state index contributed by atoms with van der Waals surface area (Å²) in [6.07, 6.45) is 27.3. The first-order valence-corrected chi connectivity index (χ1v) is 13.4. The number of aliphatic imine (C=N–C) groups is 1. The van der Waals surface area contributed by atoms with Gasteiger partial charge in [-0.05, 0) is 39.0 Å². The molecule has 31 heavy (non-hydrogen) atoms. The lowest BCUT2D eigenvalue weighted by Gasteiger charge is -2.42. The van der Waals surface area contributed by atoms with Crippen LogP contribution < -0.4 is 5.32 Å². The third kappa shape index (κ3) is 11.3. The van der Waals surface area contributed by atoms with Crippen molar-refractivity contribution in [3.8, 4) is 0 Å². The summed E-state index contributed by atoms with van der Waals surface area (Å²) >= 11 is 0. The van der Waals surface area contributed by atoms with Crippen LogP contribution in [-0.2, 0) is 4.79 Å². The lowest BCUT2D eigenvalue weighted by Crippen LogP contribution is -2.63. The van der Waals surface area contributed by atoms with E-state index in [0.717, 1.165) is 24.0 Å².